The van der Waals surface area contributed by atoms with E-state index in [4.69, 9.17) is 23.2 Å². The van der Waals surface area contributed by atoms with Crippen molar-refractivity contribution in [2.24, 2.45) is 0 Å². The third-order valence-electron chi connectivity index (χ3n) is 3.58. The van der Waals surface area contributed by atoms with Crippen LogP contribution in [0.5, 0.6) is 0 Å². The molecule has 9 heteroatoms. The van der Waals surface area contributed by atoms with E-state index in [0.717, 1.165) is 11.1 Å². The molecule has 0 aliphatic heterocycles. The maximum atomic E-state index is 13.1. The van der Waals surface area contributed by atoms with Gasteiger partial charge < -0.3 is 5.32 Å². The second-order valence-corrected chi connectivity index (χ2v) is 7.59. The third-order valence-corrected chi connectivity index (χ3v) is 5.29. The molecule has 0 aliphatic carbocycles. The average molecular weight is 431 g/mol. The first-order chi connectivity index (χ1) is 12.6. The molecule has 2 aromatic carbocycles. The Kier molecular flexibility index (Phi) is 5.46. The zero-order valence-electron chi connectivity index (χ0n) is 13.7. The molecule has 0 unspecified atom stereocenters. The maximum absolute atomic E-state index is 13.1. The Bertz CT molecular complexity index is 1020. The molecule has 1 aromatic heterocycles. The fraction of sp³-hybridized carbons (Fsp3) is 0.111. The molecule has 0 bridgehead atoms. The minimum atomic E-state index is -4.70. The van der Waals surface area contributed by atoms with Crippen molar-refractivity contribution in [3.8, 4) is 11.1 Å². The lowest BCUT2D eigenvalue weighted by atomic mass is 10.1. The molecule has 0 saturated carbocycles. The fourth-order valence-corrected chi connectivity index (χ4v) is 3.55. The SMILES string of the molecule is Cc1nc(C(F)(F)F)c(C(=O)Nc2cccc(-c3ccc(Cl)c(Cl)c3)c2)s1. The normalized spacial score (nSPS) is 11.5. The van der Waals surface area contributed by atoms with Gasteiger partial charge in [0.05, 0.1) is 15.1 Å². The number of benzene rings is 2. The fourth-order valence-electron chi connectivity index (χ4n) is 2.41. The van der Waals surface area contributed by atoms with Gasteiger partial charge in [-0.1, -0.05) is 41.4 Å². The second kappa shape index (κ2) is 7.50. The summed E-state index contributed by atoms with van der Waals surface area (Å²) >= 11 is 12.6. The largest absolute Gasteiger partial charge is 0.435 e. The van der Waals surface area contributed by atoms with Crippen molar-refractivity contribution in [3.05, 3.63) is 68.1 Å². The predicted octanol–water partition coefficient (Wildman–Crippen LogP) is 6.70. The van der Waals surface area contributed by atoms with Gasteiger partial charge in [-0.25, -0.2) is 4.98 Å². The molecule has 0 spiro atoms. The van der Waals surface area contributed by atoms with Gasteiger partial charge in [-0.05, 0) is 42.3 Å². The summed E-state index contributed by atoms with van der Waals surface area (Å²) in [6.45, 7) is 1.42. The van der Waals surface area contributed by atoms with Gasteiger partial charge in [0.2, 0.25) is 0 Å². The molecule has 0 saturated heterocycles. The van der Waals surface area contributed by atoms with Crippen LogP contribution in [-0.4, -0.2) is 10.9 Å². The number of nitrogens with one attached hydrogen (secondary N) is 1. The lowest BCUT2D eigenvalue weighted by Gasteiger charge is -2.09. The number of amides is 1. The van der Waals surface area contributed by atoms with Crippen LogP contribution in [-0.2, 0) is 6.18 Å². The minimum absolute atomic E-state index is 0.164. The van der Waals surface area contributed by atoms with E-state index in [1.54, 1.807) is 42.5 Å². The van der Waals surface area contributed by atoms with E-state index in [-0.39, 0.29) is 5.01 Å². The molecule has 27 heavy (non-hydrogen) atoms. The van der Waals surface area contributed by atoms with Gasteiger partial charge in [0, 0.05) is 5.69 Å². The zero-order valence-corrected chi connectivity index (χ0v) is 16.0. The van der Waals surface area contributed by atoms with Crippen LogP contribution in [0.3, 0.4) is 0 Å². The Morgan fingerprint density at radius 1 is 1.07 bits per heavy atom. The van der Waals surface area contributed by atoms with Gasteiger partial charge >= 0.3 is 6.18 Å². The standard InChI is InChI=1S/C18H11Cl2F3N2OS/c1-9-24-16(18(21,22)23)15(27-9)17(26)25-12-4-2-3-10(7-12)11-5-6-13(19)14(20)8-11/h2-8H,1H3,(H,25,26). The Morgan fingerprint density at radius 3 is 2.44 bits per heavy atom. The van der Waals surface area contributed by atoms with Crippen molar-refractivity contribution in [1.82, 2.24) is 4.98 Å². The van der Waals surface area contributed by atoms with Crippen LogP contribution in [0.1, 0.15) is 20.4 Å². The summed E-state index contributed by atoms with van der Waals surface area (Å²) in [4.78, 5) is 15.3. The van der Waals surface area contributed by atoms with Gasteiger partial charge in [0.25, 0.3) is 5.91 Å². The van der Waals surface area contributed by atoms with Crippen molar-refractivity contribution in [2.75, 3.05) is 5.32 Å². The van der Waals surface area contributed by atoms with E-state index in [1.807, 2.05) is 0 Å². The van der Waals surface area contributed by atoms with Crippen LogP contribution in [0, 0.1) is 6.92 Å². The Labute approximate surface area is 166 Å². The number of thiazole rings is 1. The van der Waals surface area contributed by atoms with Gasteiger partial charge in [-0.2, -0.15) is 13.2 Å². The van der Waals surface area contributed by atoms with E-state index >= 15 is 0 Å². The summed E-state index contributed by atoms with van der Waals surface area (Å²) in [5.74, 6) is -0.862. The van der Waals surface area contributed by atoms with Crippen molar-refractivity contribution in [2.45, 2.75) is 13.1 Å². The van der Waals surface area contributed by atoms with Gasteiger partial charge in [0.15, 0.2) is 5.69 Å². The van der Waals surface area contributed by atoms with Gasteiger partial charge in [-0.3, -0.25) is 4.79 Å². The lowest BCUT2D eigenvalue weighted by molar-refractivity contribution is -0.141. The highest BCUT2D eigenvalue weighted by atomic mass is 35.5. The van der Waals surface area contributed by atoms with Crippen LogP contribution in [0.15, 0.2) is 42.5 Å². The number of hydrogen-bond acceptors (Lipinski definition) is 3. The molecule has 0 aliphatic rings. The summed E-state index contributed by atoms with van der Waals surface area (Å²) in [6, 6.07) is 11.7. The topological polar surface area (TPSA) is 42.0 Å². The van der Waals surface area contributed by atoms with Crippen LogP contribution in [0.4, 0.5) is 18.9 Å². The summed E-state index contributed by atoms with van der Waals surface area (Å²) in [5, 5.41) is 3.44. The van der Waals surface area contributed by atoms with Crippen molar-refractivity contribution in [3.63, 3.8) is 0 Å². The molecular weight excluding hydrogens is 420 g/mol. The van der Waals surface area contributed by atoms with E-state index in [2.05, 4.69) is 10.3 Å². The molecule has 0 fully saturated rings. The number of alkyl halides is 3. The van der Waals surface area contributed by atoms with E-state index in [0.29, 0.717) is 27.1 Å². The first-order valence-corrected chi connectivity index (χ1v) is 9.14. The van der Waals surface area contributed by atoms with E-state index in [1.165, 1.54) is 6.92 Å². The van der Waals surface area contributed by atoms with Gasteiger partial charge in [0.1, 0.15) is 4.88 Å². The average Bonchev–Trinajstić information content (AvgIpc) is 3.00. The maximum Gasteiger partial charge on any atom is 0.435 e. The molecule has 3 rings (SSSR count). The first kappa shape index (κ1) is 19.7. The molecule has 0 atom stereocenters. The lowest BCUT2D eigenvalue weighted by Crippen LogP contribution is -2.17. The molecule has 3 aromatic rings. The zero-order chi connectivity index (χ0) is 19.8. The Morgan fingerprint density at radius 2 is 1.78 bits per heavy atom. The number of aromatic nitrogens is 1. The highest BCUT2D eigenvalue weighted by molar-refractivity contribution is 7.13. The number of rotatable bonds is 3. The molecule has 0 radical (unpaired) electrons. The second-order valence-electron chi connectivity index (χ2n) is 5.57. The number of halogens is 5. The van der Waals surface area contributed by atoms with Crippen LogP contribution in [0.25, 0.3) is 11.1 Å². The number of carbonyl (C=O) groups is 1. The van der Waals surface area contributed by atoms with Crippen LogP contribution in [0.2, 0.25) is 10.0 Å². The Hall–Kier alpha value is -2.09. The predicted molar refractivity (Wildman–Crippen MR) is 102 cm³/mol. The molecule has 1 N–H and O–H groups in total. The van der Waals surface area contributed by atoms with Crippen molar-refractivity contribution < 1.29 is 18.0 Å². The number of aryl methyl sites for hydroxylation is 1. The van der Waals surface area contributed by atoms with Crippen LogP contribution < -0.4 is 5.32 Å². The quantitative estimate of drug-likeness (QED) is 0.502. The molecule has 1 amide bonds. The number of hydrogen-bond donors (Lipinski definition) is 1. The monoisotopic (exact) mass is 430 g/mol. The van der Waals surface area contributed by atoms with E-state index in [9.17, 15) is 18.0 Å². The summed E-state index contributed by atoms with van der Waals surface area (Å²) in [6.07, 6.45) is -4.70. The van der Waals surface area contributed by atoms with Crippen molar-refractivity contribution in [1.29, 1.82) is 0 Å². The number of nitrogens with zero attached hydrogens (tertiary/aromatic N) is 1. The van der Waals surface area contributed by atoms with E-state index < -0.39 is 22.7 Å². The molecular formula is C18H11Cl2F3N2OS. The first-order valence-electron chi connectivity index (χ1n) is 7.56. The minimum Gasteiger partial charge on any atom is -0.321 e. The molecule has 1 heterocycles. The van der Waals surface area contributed by atoms with Crippen LogP contribution >= 0.6 is 34.5 Å². The summed E-state index contributed by atoms with van der Waals surface area (Å²) in [5.41, 5.74) is 0.652. The Balaban J connectivity index is 1.89. The van der Waals surface area contributed by atoms with Gasteiger partial charge in [-0.15, -0.1) is 11.3 Å². The number of carbonyl (C=O) groups excluding carboxylic acids is 1. The van der Waals surface area contributed by atoms with Crippen molar-refractivity contribution >= 4 is 46.1 Å². The summed E-state index contributed by atoms with van der Waals surface area (Å²) in [7, 11) is 0. The third kappa shape index (κ3) is 4.43. The molecule has 3 nitrogen and oxygen atoms in total. The highest BCUT2D eigenvalue weighted by Gasteiger charge is 2.39. The highest BCUT2D eigenvalue weighted by Crippen LogP contribution is 2.35. The number of anilines is 1. The summed E-state index contributed by atoms with van der Waals surface area (Å²) < 4.78 is 39.2. The molecule has 140 valence electrons. The smallest absolute Gasteiger partial charge is 0.321 e.